The lowest BCUT2D eigenvalue weighted by atomic mass is 10.3. The molecule has 120 valence electrons. The molecule has 0 saturated carbocycles. The van der Waals surface area contributed by atoms with Gasteiger partial charge < -0.3 is 4.40 Å². The van der Waals surface area contributed by atoms with Crippen LogP contribution in [0.15, 0.2) is 57.4 Å². The van der Waals surface area contributed by atoms with Crippen molar-refractivity contribution in [2.24, 2.45) is 0 Å². The molecule has 3 nitrogen and oxygen atoms in total. The molecule has 0 spiro atoms. The number of hydrogen-bond acceptors (Lipinski definition) is 3. The first-order valence-corrected chi connectivity index (χ1v) is 9.79. The molecule has 0 radical (unpaired) electrons. The molecule has 0 unspecified atom stereocenters. The Balaban J connectivity index is 2.01. The van der Waals surface area contributed by atoms with E-state index in [4.69, 9.17) is 11.6 Å². The maximum absolute atomic E-state index is 13.7. The number of nitrogens with zero attached hydrogens (tertiary/aromatic N) is 1. The summed E-state index contributed by atoms with van der Waals surface area (Å²) in [6.45, 7) is 1.94. The van der Waals surface area contributed by atoms with E-state index in [1.54, 1.807) is 34.7 Å². The Kier molecular flexibility index (Phi) is 4.16. The second-order valence-corrected chi connectivity index (χ2v) is 8.73. The highest BCUT2D eigenvalue weighted by Crippen LogP contribution is 2.34. The van der Waals surface area contributed by atoms with E-state index in [2.05, 4.69) is 0 Å². The number of pyridine rings is 1. The van der Waals surface area contributed by atoms with Gasteiger partial charge in [-0.1, -0.05) is 23.4 Å². The molecule has 7 heteroatoms. The Morgan fingerprint density at radius 2 is 1.83 bits per heavy atom. The summed E-state index contributed by atoms with van der Waals surface area (Å²) in [5.74, 6) is -0.482. The Morgan fingerprint density at radius 1 is 1.17 bits per heavy atom. The van der Waals surface area contributed by atoms with E-state index in [9.17, 15) is 12.8 Å². The van der Waals surface area contributed by atoms with Gasteiger partial charge >= 0.3 is 0 Å². The molecule has 0 saturated heterocycles. The SMILES string of the molecule is Cc1cc2cc(Cl)c(F)cn2c1Sc1ccc(S(C)(=O)=O)cc1. The summed E-state index contributed by atoms with van der Waals surface area (Å²) >= 11 is 7.26. The average Bonchev–Trinajstić information content (AvgIpc) is 2.75. The molecule has 0 bridgehead atoms. The summed E-state index contributed by atoms with van der Waals surface area (Å²) < 4.78 is 38.5. The van der Waals surface area contributed by atoms with Crippen molar-refractivity contribution in [1.82, 2.24) is 4.40 Å². The van der Waals surface area contributed by atoms with Crippen LogP contribution in [-0.4, -0.2) is 19.1 Å². The summed E-state index contributed by atoms with van der Waals surface area (Å²) in [7, 11) is -3.21. The van der Waals surface area contributed by atoms with Gasteiger partial charge in [-0.2, -0.15) is 0 Å². The smallest absolute Gasteiger partial charge is 0.175 e. The van der Waals surface area contributed by atoms with Crippen molar-refractivity contribution >= 4 is 38.7 Å². The summed E-state index contributed by atoms with van der Waals surface area (Å²) in [6, 6.07) is 10.1. The molecule has 2 heterocycles. The van der Waals surface area contributed by atoms with Gasteiger partial charge in [0.25, 0.3) is 0 Å². The van der Waals surface area contributed by atoms with Gasteiger partial charge in [-0.3, -0.25) is 0 Å². The monoisotopic (exact) mass is 369 g/mol. The van der Waals surface area contributed by atoms with Crippen LogP contribution < -0.4 is 0 Å². The van der Waals surface area contributed by atoms with E-state index in [0.29, 0.717) is 0 Å². The molecular formula is C16H13ClFNO2S2. The first kappa shape index (κ1) is 16.4. The number of aromatic nitrogens is 1. The van der Waals surface area contributed by atoms with Crippen LogP contribution >= 0.6 is 23.4 Å². The zero-order chi connectivity index (χ0) is 16.8. The van der Waals surface area contributed by atoms with Crippen molar-refractivity contribution in [3.8, 4) is 0 Å². The van der Waals surface area contributed by atoms with Crippen molar-refractivity contribution < 1.29 is 12.8 Å². The predicted octanol–water partition coefficient (Wildman–Crippen LogP) is 4.59. The van der Waals surface area contributed by atoms with E-state index in [-0.39, 0.29) is 9.92 Å². The van der Waals surface area contributed by atoms with E-state index in [0.717, 1.165) is 21.0 Å². The minimum Gasteiger partial charge on any atom is -0.308 e. The zero-order valence-electron chi connectivity index (χ0n) is 12.4. The number of halogens is 2. The van der Waals surface area contributed by atoms with Gasteiger partial charge in [-0.15, -0.1) is 0 Å². The molecule has 3 rings (SSSR count). The largest absolute Gasteiger partial charge is 0.308 e. The summed E-state index contributed by atoms with van der Waals surface area (Å²) in [6.07, 6.45) is 2.53. The minimum atomic E-state index is -3.21. The number of sulfone groups is 1. The fraction of sp³-hybridized carbons (Fsp3) is 0.125. The maximum atomic E-state index is 13.7. The first-order chi connectivity index (χ1) is 10.8. The third-order valence-corrected chi connectivity index (χ3v) is 6.05. The standard InChI is InChI=1S/C16H13ClFNO2S2/c1-10-7-11-8-14(17)15(18)9-19(11)16(10)22-12-3-5-13(6-4-12)23(2,20)21/h3-9H,1-2H3. The van der Waals surface area contributed by atoms with Crippen molar-refractivity contribution in [3.05, 3.63) is 59.0 Å². The van der Waals surface area contributed by atoms with Crippen molar-refractivity contribution in [3.63, 3.8) is 0 Å². The molecule has 1 aromatic carbocycles. The van der Waals surface area contributed by atoms with Gasteiger partial charge in [0, 0.05) is 22.9 Å². The van der Waals surface area contributed by atoms with Crippen LogP contribution in [0.25, 0.3) is 5.52 Å². The number of fused-ring (bicyclic) bond motifs is 1. The fourth-order valence-electron chi connectivity index (χ4n) is 2.27. The summed E-state index contributed by atoms with van der Waals surface area (Å²) in [5, 5.41) is 0.951. The highest BCUT2D eigenvalue weighted by Gasteiger charge is 2.12. The van der Waals surface area contributed by atoms with Crippen LogP contribution in [-0.2, 0) is 9.84 Å². The minimum absolute atomic E-state index is 0.0871. The Morgan fingerprint density at radius 3 is 2.43 bits per heavy atom. The third-order valence-electron chi connectivity index (χ3n) is 3.41. The molecule has 0 aliphatic carbocycles. The number of rotatable bonds is 3. The average molecular weight is 370 g/mol. The van der Waals surface area contributed by atoms with Crippen LogP contribution in [0.1, 0.15) is 5.56 Å². The maximum Gasteiger partial charge on any atom is 0.175 e. The molecule has 0 fully saturated rings. The second-order valence-electron chi connectivity index (χ2n) is 5.24. The van der Waals surface area contributed by atoms with Gasteiger partial charge in [0.2, 0.25) is 0 Å². The van der Waals surface area contributed by atoms with Gasteiger partial charge in [0.1, 0.15) is 0 Å². The van der Waals surface area contributed by atoms with Crippen LogP contribution in [0.4, 0.5) is 4.39 Å². The summed E-state index contributed by atoms with van der Waals surface area (Å²) in [5.41, 5.74) is 1.80. The Bertz CT molecular complexity index is 995. The Hall–Kier alpha value is -1.50. The van der Waals surface area contributed by atoms with Gasteiger partial charge in [0.05, 0.1) is 14.9 Å². The van der Waals surface area contributed by atoms with E-state index in [1.807, 2.05) is 13.0 Å². The normalized spacial score (nSPS) is 12.0. The zero-order valence-corrected chi connectivity index (χ0v) is 14.8. The lowest BCUT2D eigenvalue weighted by Gasteiger charge is -2.06. The lowest BCUT2D eigenvalue weighted by Crippen LogP contribution is -1.96. The highest BCUT2D eigenvalue weighted by atomic mass is 35.5. The van der Waals surface area contributed by atoms with Crippen LogP contribution in [0.3, 0.4) is 0 Å². The lowest BCUT2D eigenvalue weighted by molar-refractivity contribution is 0.602. The van der Waals surface area contributed by atoms with Gasteiger partial charge in [-0.25, -0.2) is 12.8 Å². The second kappa shape index (κ2) is 5.85. The van der Waals surface area contributed by atoms with Crippen LogP contribution in [0, 0.1) is 12.7 Å². The van der Waals surface area contributed by atoms with E-state index >= 15 is 0 Å². The number of aryl methyl sites for hydroxylation is 1. The molecule has 0 N–H and O–H groups in total. The van der Waals surface area contributed by atoms with Gasteiger partial charge in [0.15, 0.2) is 15.7 Å². The number of hydrogen-bond donors (Lipinski definition) is 0. The molecule has 2 aromatic heterocycles. The number of benzene rings is 1. The molecule has 0 aliphatic rings. The van der Waals surface area contributed by atoms with Crippen molar-refractivity contribution in [1.29, 1.82) is 0 Å². The first-order valence-electron chi connectivity index (χ1n) is 6.70. The van der Waals surface area contributed by atoms with Gasteiger partial charge in [-0.05, 0) is 48.9 Å². The predicted molar refractivity (Wildman–Crippen MR) is 90.8 cm³/mol. The van der Waals surface area contributed by atoms with Crippen LogP contribution in [0.2, 0.25) is 5.02 Å². The molecule has 3 aromatic rings. The quantitative estimate of drug-likeness (QED) is 0.677. The fourth-order valence-corrected chi connectivity index (χ4v) is 4.04. The summed E-state index contributed by atoms with van der Waals surface area (Å²) in [4.78, 5) is 1.15. The molecular weight excluding hydrogens is 357 g/mol. The molecule has 0 amide bonds. The van der Waals surface area contributed by atoms with Crippen molar-refractivity contribution in [2.45, 2.75) is 21.7 Å². The van der Waals surface area contributed by atoms with Crippen LogP contribution in [0.5, 0.6) is 0 Å². The third kappa shape index (κ3) is 3.24. The highest BCUT2D eigenvalue weighted by molar-refractivity contribution is 7.99. The van der Waals surface area contributed by atoms with E-state index < -0.39 is 15.7 Å². The molecule has 0 aliphatic heterocycles. The topological polar surface area (TPSA) is 38.5 Å². The van der Waals surface area contributed by atoms with E-state index in [1.165, 1.54) is 24.2 Å². The molecule has 0 atom stereocenters. The Labute approximate surface area is 143 Å². The molecule has 23 heavy (non-hydrogen) atoms. The van der Waals surface area contributed by atoms with Crippen molar-refractivity contribution in [2.75, 3.05) is 6.26 Å².